The number of hydrogen-bond donors (Lipinski definition) is 1. The molecule has 9 heteroatoms. The van der Waals surface area contributed by atoms with E-state index < -0.39 is 35.7 Å². The van der Waals surface area contributed by atoms with Gasteiger partial charge in [0, 0.05) is 31.3 Å². The van der Waals surface area contributed by atoms with Crippen LogP contribution in [0.2, 0.25) is 0 Å². The molecule has 0 saturated heterocycles. The zero-order valence-electron chi connectivity index (χ0n) is 14.7. The first-order valence-electron chi connectivity index (χ1n) is 8.32. The predicted molar refractivity (Wildman–Crippen MR) is 92.0 cm³/mol. The maximum absolute atomic E-state index is 13.4. The fourth-order valence-electron chi connectivity index (χ4n) is 3.12. The molecule has 3 rings (SSSR count). The van der Waals surface area contributed by atoms with Gasteiger partial charge >= 0.3 is 6.36 Å². The molecule has 0 bridgehead atoms. The average molecular weight is 396 g/mol. The molecule has 0 fully saturated rings. The molecule has 2 aromatic carbocycles. The zero-order chi connectivity index (χ0) is 20.5. The average Bonchev–Trinajstić information content (AvgIpc) is 2.60. The lowest BCUT2D eigenvalue weighted by molar-refractivity contribution is -0.275. The molecular weight excluding hydrogens is 380 g/mol. The van der Waals surface area contributed by atoms with Crippen LogP contribution in [0.25, 0.3) is 0 Å². The van der Waals surface area contributed by atoms with E-state index in [9.17, 15) is 27.2 Å². The van der Waals surface area contributed by atoms with Gasteiger partial charge in [0.05, 0.1) is 5.92 Å². The highest BCUT2D eigenvalue weighted by molar-refractivity contribution is 6.01. The summed E-state index contributed by atoms with van der Waals surface area (Å²) < 4.78 is 55.1. The quantitative estimate of drug-likeness (QED) is 0.800. The van der Waals surface area contributed by atoms with E-state index >= 15 is 0 Å². The molecule has 0 radical (unpaired) electrons. The van der Waals surface area contributed by atoms with Crippen LogP contribution in [0.15, 0.2) is 42.5 Å². The number of anilines is 1. The van der Waals surface area contributed by atoms with Crippen molar-refractivity contribution >= 4 is 17.5 Å². The number of carbonyl (C=O) groups is 2. The summed E-state index contributed by atoms with van der Waals surface area (Å²) >= 11 is 0. The van der Waals surface area contributed by atoms with Crippen LogP contribution in [0.3, 0.4) is 0 Å². The molecule has 1 aliphatic heterocycles. The van der Waals surface area contributed by atoms with Gasteiger partial charge in [-0.05, 0) is 23.8 Å². The Morgan fingerprint density at radius 1 is 1.25 bits per heavy atom. The Kier molecular flexibility index (Phi) is 5.26. The Morgan fingerprint density at radius 2 is 1.96 bits per heavy atom. The van der Waals surface area contributed by atoms with E-state index in [0.717, 1.165) is 12.1 Å². The van der Waals surface area contributed by atoms with Crippen molar-refractivity contribution < 1.29 is 31.9 Å². The van der Waals surface area contributed by atoms with Crippen LogP contribution in [0.1, 0.15) is 23.5 Å². The van der Waals surface area contributed by atoms with Gasteiger partial charge in [0.1, 0.15) is 11.6 Å². The minimum Gasteiger partial charge on any atom is -0.405 e. The number of benzene rings is 2. The summed E-state index contributed by atoms with van der Waals surface area (Å²) in [4.78, 5) is 26.0. The molecule has 2 amide bonds. The van der Waals surface area contributed by atoms with Crippen molar-refractivity contribution in [3.05, 3.63) is 59.4 Å². The van der Waals surface area contributed by atoms with Gasteiger partial charge in [0.2, 0.25) is 11.8 Å². The van der Waals surface area contributed by atoms with Gasteiger partial charge in [-0.25, -0.2) is 4.39 Å². The van der Waals surface area contributed by atoms with Gasteiger partial charge in [0.25, 0.3) is 0 Å². The number of halogens is 4. The van der Waals surface area contributed by atoms with Crippen molar-refractivity contribution in [3.63, 3.8) is 0 Å². The highest BCUT2D eigenvalue weighted by Gasteiger charge is 2.34. The summed E-state index contributed by atoms with van der Waals surface area (Å²) in [6.45, 7) is -0.153. The van der Waals surface area contributed by atoms with E-state index in [0.29, 0.717) is 5.56 Å². The van der Waals surface area contributed by atoms with Crippen molar-refractivity contribution in [3.8, 4) is 5.75 Å². The van der Waals surface area contributed by atoms with Gasteiger partial charge in [-0.15, -0.1) is 13.2 Å². The maximum Gasteiger partial charge on any atom is 0.573 e. The first-order valence-corrected chi connectivity index (χ1v) is 8.32. The van der Waals surface area contributed by atoms with E-state index in [1.165, 1.54) is 42.3 Å². The first kappa shape index (κ1) is 19.7. The second kappa shape index (κ2) is 7.49. The predicted octanol–water partition coefficient (Wildman–Crippen LogP) is 3.81. The number of carbonyl (C=O) groups excluding carboxylic acids is 2. The van der Waals surface area contributed by atoms with Crippen LogP contribution in [-0.4, -0.2) is 30.1 Å². The Hall–Kier alpha value is -3.10. The van der Waals surface area contributed by atoms with Crippen LogP contribution < -0.4 is 10.1 Å². The molecule has 0 spiro atoms. The second-order valence-electron chi connectivity index (χ2n) is 6.39. The Bertz CT molecular complexity index is 914. The third-order valence-corrected chi connectivity index (χ3v) is 4.33. The van der Waals surface area contributed by atoms with Crippen molar-refractivity contribution in [2.75, 3.05) is 12.4 Å². The van der Waals surface area contributed by atoms with Gasteiger partial charge in [-0.2, -0.15) is 0 Å². The molecule has 0 aromatic heterocycles. The lowest BCUT2D eigenvalue weighted by Gasteiger charge is -2.29. The van der Waals surface area contributed by atoms with E-state index in [2.05, 4.69) is 10.1 Å². The van der Waals surface area contributed by atoms with Crippen LogP contribution in [0, 0.1) is 5.82 Å². The normalized spacial score (nSPS) is 16.2. The lowest BCUT2D eigenvalue weighted by Crippen LogP contribution is -2.36. The fourth-order valence-corrected chi connectivity index (χ4v) is 3.12. The number of nitrogens with one attached hydrogen (secondary N) is 1. The molecule has 28 heavy (non-hydrogen) atoms. The summed E-state index contributed by atoms with van der Waals surface area (Å²) in [6, 6.07) is 9.23. The number of ether oxygens (including phenoxy) is 1. The number of alkyl halides is 3. The third kappa shape index (κ3) is 4.41. The summed E-state index contributed by atoms with van der Waals surface area (Å²) in [5.74, 6) is -2.72. The molecule has 148 valence electrons. The Labute approximate surface area is 157 Å². The molecular formula is C19H16F4N2O3. The molecule has 0 aliphatic carbocycles. The van der Waals surface area contributed by atoms with Crippen molar-refractivity contribution in [2.24, 2.45) is 0 Å². The van der Waals surface area contributed by atoms with Crippen LogP contribution in [0.4, 0.5) is 23.2 Å². The number of likely N-dealkylation sites (N-methyl/N-ethyl adjacent to an activating group) is 1. The summed E-state index contributed by atoms with van der Waals surface area (Å²) in [5.41, 5.74) is 0.830. The molecule has 1 aliphatic rings. The van der Waals surface area contributed by atoms with Gasteiger partial charge in [-0.3, -0.25) is 9.59 Å². The largest absolute Gasteiger partial charge is 0.573 e. The summed E-state index contributed by atoms with van der Waals surface area (Å²) in [5, 5.41) is 2.51. The van der Waals surface area contributed by atoms with E-state index in [1.807, 2.05) is 0 Å². The monoisotopic (exact) mass is 396 g/mol. The third-order valence-electron chi connectivity index (χ3n) is 4.33. The van der Waals surface area contributed by atoms with Gasteiger partial charge in [0.15, 0.2) is 0 Å². The molecule has 2 aromatic rings. The second-order valence-corrected chi connectivity index (χ2v) is 6.39. The molecule has 1 atom stereocenters. The number of fused-ring (bicyclic) bond motifs is 1. The van der Waals surface area contributed by atoms with Crippen molar-refractivity contribution in [1.29, 1.82) is 0 Å². The topological polar surface area (TPSA) is 58.6 Å². The zero-order valence-corrected chi connectivity index (χ0v) is 14.7. The first-order chi connectivity index (χ1) is 13.1. The lowest BCUT2D eigenvalue weighted by atomic mass is 9.89. The smallest absolute Gasteiger partial charge is 0.405 e. The molecule has 1 N–H and O–H groups in total. The van der Waals surface area contributed by atoms with E-state index in [-0.39, 0.29) is 24.2 Å². The molecule has 0 saturated carbocycles. The Balaban J connectivity index is 1.82. The van der Waals surface area contributed by atoms with Gasteiger partial charge in [-0.1, -0.05) is 24.3 Å². The number of rotatable bonds is 4. The number of hydrogen-bond acceptors (Lipinski definition) is 3. The van der Waals surface area contributed by atoms with Gasteiger partial charge < -0.3 is 15.0 Å². The standard InChI is InChI=1S/C19H16F4N2O3/c1-25(10-11-4-2-3-5-16(11)28-19(21,22)23)18(27)14-9-17(26)24-15-8-12(20)6-7-13(14)15/h2-8,14H,9-10H2,1H3,(H,24,26)/t14-/m0/s1. The maximum atomic E-state index is 13.4. The fraction of sp³-hybridized carbons (Fsp3) is 0.263. The summed E-state index contributed by atoms with van der Waals surface area (Å²) in [7, 11) is 1.42. The van der Waals surface area contributed by atoms with Crippen molar-refractivity contribution in [2.45, 2.75) is 25.2 Å². The minimum absolute atomic E-state index is 0.136. The molecule has 5 nitrogen and oxygen atoms in total. The highest BCUT2D eigenvalue weighted by atomic mass is 19.4. The van der Waals surface area contributed by atoms with Crippen molar-refractivity contribution in [1.82, 2.24) is 4.90 Å². The van der Waals surface area contributed by atoms with E-state index in [1.54, 1.807) is 0 Å². The Morgan fingerprint density at radius 3 is 2.68 bits per heavy atom. The van der Waals surface area contributed by atoms with Crippen LogP contribution in [0.5, 0.6) is 5.75 Å². The minimum atomic E-state index is -4.86. The summed E-state index contributed by atoms with van der Waals surface area (Å²) in [6.07, 6.45) is -4.99. The van der Waals surface area contributed by atoms with Crippen LogP contribution in [-0.2, 0) is 16.1 Å². The highest BCUT2D eigenvalue weighted by Crippen LogP contribution is 2.34. The molecule has 0 unspecified atom stereocenters. The number of amides is 2. The van der Waals surface area contributed by atoms with E-state index in [4.69, 9.17) is 0 Å². The van der Waals surface area contributed by atoms with Crippen LogP contribution >= 0.6 is 0 Å². The number of para-hydroxylation sites is 1. The number of nitrogens with zero attached hydrogens (tertiary/aromatic N) is 1. The SMILES string of the molecule is CN(Cc1ccccc1OC(F)(F)F)C(=O)[C@H]1CC(=O)Nc2cc(F)ccc21. The molecule has 1 heterocycles.